The first kappa shape index (κ1) is 38.5. The van der Waals surface area contributed by atoms with Crippen LogP contribution in [0.4, 0.5) is 0 Å². The molecule has 0 aliphatic heterocycles. The van der Waals surface area contributed by atoms with E-state index in [0.717, 1.165) is 70.4 Å². The Hall–Kier alpha value is -3.73. The summed E-state index contributed by atoms with van der Waals surface area (Å²) < 4.78 is 0. The molecular weight excluding hydrogens is 729 g/mol. The van der Waals surface area contributed by atoms with Gasteiger partial charge in [-0.15, -0.1) is 24.3 Å². The Balaban J connectivity index is 0.000000401. The summed E-state index contributed by atoms with van der Waals surface area (Å²) in [5.74, 6) is 1.13. The van der Waals surface area contributed by atoms with Crippen LogP contribution in [0.5, 0.6) is 11.5 Å². The van der Waals surface area contributed by atoms with Gasteiger partial charge in [-0.2, -0.15) is 49.2 Å². The fourth-order valence-corrected chi connectivity index (χ4v) is 5.09. The molecule has 0 bridgehead atoms. The Morgan fingerprint density at radius 1 is 0.609 bits per heavy atom. The number of phenolic OH excluding ortho intramolecular Hbond substituents is 2. The van der Waals surface area contributed by atoms with Gasteiger partial charge in [0.2, 0.25) is 0 Å². The third kappa shape index (κ3) is 12.6. The summed E-state index contributed by atoms with van der Waals surface area (Å²) in [7, 11) is 2.10. The molecule has 240 valence electrons. The van der Waals surface area contributed by atoms with E-state index in [1.54, 1.807) is 0 Å². The molecule has 0 atom stereocenters. The van der Waals surface area contributed by atoms with Crippen molar-refractivity contribution in [3.63, 3.8) is 0 Å². The molecule has 0 spiro atoms. The first-order chi connectivity index (χ1) is 21.5. The molecule has 5 rings (SSSR count). The standard InChI is InChI=1S/C28H35NO2.2C7H7.Hf/c1-19(2)25-17-20(3)15-23(27(25)30)11-13-29(5)14-12-24-16-21(4)18-26(28(24)31)22-9-7-6-8-10-22;2*1-7-5-3-2-4-6-7;/h6-10,15-19,30-31H,11-14H2,1-5H3;2*2-6H,1H2;/q;2*-1;. The molecule has 2 N–H and O–H groups in total. The third-order valence-electron chi connectivity index (χ3n) is 7.61. The summed E-state index contributed by atoms with van der Waals surface area (Å²) in [6.07, 6.45) is 1.58. The maximum Gasteiger partial charge on any atom is 0.126 e. The minimum absolute atomic E-state index is 0. The van der Waals surface area contributed by atoms with Crippen LogP contribution in [0.3, 0.4) is 0 Å². The zero-order chi connectivity index (χ0) is 32.8. The van der Waals surface area contributed by atoms with E-state index in [1.807, 2.05) is 97.1 Å². The van der Waals surface area contributed by atoms with Crippen LogP contribution in [0.2, 0.25) is 0 Å². The predicted molar refractivity (Wildman–Crippen MR) is 192 cm³/mol. The second-order valence-corrected chi connectivity index (χ2v) is 12.0. The van der Waals surface area contributed by atoms with Gasteiger partial charge in [-0.25, -0.2) is 0 Å². The number of hydrogen-bond acceptors (Lipinski definition) is 3. The topological polar surface area (TPSA) is 43.7 Å². The van der Waals surface area contributed by atoms with E-state index >= 15 is 0 Å². The summed E-state index contributed by atoms with van der Waals surface area (Å²) in [5.41, 5.74) is 9.43. The molecule has 46 heavy (non-hydrogen) atoms. The normalized spacial score (nSPS) is 10.3. The third-order valence-corrected chi connectivity index (χ3v) is 7.61. The van der Waals surface area contributed by atoms with Crippen molar-refractivity contribution in [2.45, 2.75) is 46.5 Å². The molecule has 5 aromatic rings. The zero-order valence-corrected chi connectivity index (χ0v) is 31.7. The van der Waals surface area contributed by atoms with Gasteiger partial charge in [0.25, 0.3) is 0 Å². The van der Waals surface area contributed by atoms with Gasteiger partial charge in [0, 0.05) is 44.5 Å². The first-order valence-corrected chi connectivity index (χ1v) is 15.7. The van der Waals surface area contributed by atoms with Crippen LogP contribution < -0.4 is 0 Å². The van der Waals surface area contributed by atoms with Gasteiger partial charge >= 0.3 is 0 Å². The fourth-order valence-electron chi connectivity index (χ4n) is 5.09. The van der Waals surface area contributed by atoms with Gasteiger partial charge in [0.1, 0.15) is 11.5 Å². The molecule has 0 heterocycles. The van der Waals surface area contributed by atoms with E-state index < -0.39 is 0 Å². The quantitative estimate of drug-likeness (QED) is 0.122. The molecule has 0 amide bonds. The maximum atomic E-state index is 10.9. The van der Waals surface area contributed by atoms with Gasteiger partial charge in [-0.05, 0) is 73.5 Å². The van der Waals surface area contributed by atoms with Gasteiger partial charge < -0.3 is 15.1 Å². The summed E-state index contributed by atoms with van der Waals surface area (Å²) in [4.78, 5) is 2.26. The van der Waals surface area contributed by atoms with E-state index in [1.165, 1.54) is 5.56 Å². The Bertz CT molecular complexity index is 1550. The molecule has 5 aromatic carbocycles. The minimum atomic E-state index is 0. The van der Waals surface area contributed by atoms with E-state index in [4.69, 9.17) is 0 Å². The van der Waals surface area contributed by atoms with Crippen LogP contribution in [0.25, 0.3) is 11.1 Å². The van der Waals surface area contributed by atoms with Gasteiger partial charge in [-0.3, -0.25) is 0 Å². The molecule has 0 aliphatic rings. The molecule has 0 aliphatic carbocycles. The number of nitrogens with zero attached hydrogens (tertiary/aromatic N) is 1. The number of rotatable bonds is 8. The number of benzene rings is 5. The number of aryl methyl sites for hydroxylation is 2. The average Bonchev–Trinajstić information content (AvgIpc) is 3.03. The van der Waals surface area contributed by atoms with E-state index in [2.05, 4.69) is 71.7 Å². The van der Waals surface area contributed by atoms with Crippen molar-refractivity contribution in [1.82, 2.24) is 4.90 Å². The number of likely N-dealkylation sites (N-methyl/N-ethyl adjacent to an activating group) is 1. The molecule has 3 nitrogen and oxygen atoms in total. The SMILES string of the molecule is Cc1cc(CCN(C)CCc2cc(C)cc(C(C)C)c2O)c(O)c(-c2ccccc2)c1.[CH2-]c1ccccc1.[CH2-]c1ccccc1.[Hf]. The number of hydrogen-bond donors (Lipinski definition) is 2. The van der Waals surface area contributed by atoms with Gasteiger partial charge in [0.05, 0.1) is 0 Å². The molecular formula is C42H49HfNO2-2. The molecule has 0 unspecified atom stereocenters. The monoisotopic (exact) mass is 779 g/mol. The predicted octanol–water partition coefficient (Wildman–Crippen LogP) is 9.96. The molecule has 0 saturated heterocycles. The molecule has 0 saturated carbocycles. The molecule has 0 fully saturated rings. The van der Waals surface area contributed by atoms with Crippen LogP contribution >= 0.6 is 0 Å². The fraction of sp³-hybridized carbons (Fsp3) is 0.238. The molecule has 4 heteroatoms. The number of phenols is 2. The van der Waals surface area contributed by atoms with Crippen LogP contribution in [-0.2, 0) is 38.7 Å². The molecule has 0 radical (unpaired) electrons. The summed E-state index contributed by atoms with van der Waals surface area (Å²) in [6, 6.07) is 38.1. The molecule has 0 aromatic heterocycles. The summed E-state index contributed by atoms with van der Waals surface area (Å²) >= 11 is 0. The van der Waals surface area contributed by atoms with E-state index in [9.17, 15) is 10.2 Å². The van der Waals surface area contributed by atoms with Crippen molar-refractivity contribution in [3.8, 4) is 22.6 Å². The Morgan fingerprint density at radius 3 is 1.43 bits per heavy atom. The van der Waals surface area contributed by atoms with E-state index in [-0.39, 0.29) is 25.8 Å². The second-order valence-electron chi connectivity index (χ2n) is 12.0. The Kier molecular flexibility index (Phi) is 16.5. The average molecular weight is 778 g/mol. The van der Waals surface area contributed by atoms with Crippen LogP contribution in [0, 0.1) is 27.7 Å². The van der Waals surface area contributed by atoms with Crippen molar-refractivity contribution in [2.24, 2.45) is 0 Å². The van der Waals surface area contributed by atoms with E-state index in [0.29, 0.717) is 17.4 Å². The number of aromatic hydroxyl groups is 2. The summed E-state index contributed by atoms with van der Waals surface area (Å²) in [6.45, 7) is 17.5. The largest absolute Gasteiger partial charge is 0.507 e. The second kappa shape index (κ2) is 19.7. The summed E-state index contributed by atoms with van der Waals surface area (Å²) in [5, 5.41) is 21.5. The zero-order valence-electron chi connectivity index (χ0n) is 28.1. The Labute approximate surface area is 296 Å². The van der Waals surface area contributed by atoms with Crippen molar-refractivity contribution in [3.05, 3.63) is 168 Å². The van der Waals surface area contributed by atoms with Crippen LogP contribution in [-0.4, -0.2) is 35.3 Å². The van der Waals surface area contributed by atoms with Crippen molar-refractivity contribution in [2.75, 3.05) is 20.1 Å². The van der Waals surface area contributed by atoms with Gasteiger partial charge in [0.15, 0.2) is 0 Å². The van der Waals surface area contributed by atoms with Gasteiger partial charge in [-0.1, -0.05) is 80.1 Å². The smallest absolute Gasteiger partial charge is 0.126 e. The van der Waals surface area contributed by atoms with Crippen molar-refractivity contribution >= 4 is 0 Å². The maximum absolute atomic E-state index is 10.9. The van der Waals surface area contributed by atoms with Crippen molar-refractivity contribution in [1.29, 1.82) is 0 Å². The van der Waals surface area contributed by atoms with Crippen LogP contribution in [0.15, 0.2) is 115 Å². The van der Waals surface area contributed by atoms with Crippen LogP contribution in [0.1, 0.15) is 58.7 Å². The minimum Gasteiger partial charge on any atom is -0.507 e. The Morgan fingerprint density at radius 2 is 1.02 bits per heavy atom. The van der Waals surface area contributed by atoms with Crippen molar-refractivity contribution < 1.29 is 36.1 Å². The first-order valence-electron chi connectivity index (χ1n) is 15.7.